The van der Waals surface area contributed by atoms with Gasteiger partial charge in [0.05, 0.1) is 17.9 Å². The number of allylic oxidation sites excluding steroid dienone is 1. The molecule has 1 unspecified atom stereocenters. The second-order valence-corrected chi connectivity index (χ2v) is 12.9. The lowest BCUT2D eigenvalue weighted by Crippen LogP contribution is -2.94. The number of aliphatic hydroxyl groups excluding tert-OH is 1. The third kappa shape index (κ3) is 1.68. The van der Waals surface area contributed by atoms with E-state index in [1.807, 2.05) is 0 Å². The average molecular weight is 444 g/mol. The number of carbonyl (C=O) groups is 2. The van der Waals surface area contributed by atoms with Gasteiger partial charge in [0.15, 0.2) is 11.6 Å². The number of hydrogen-bond donors (Lipinski definition) is 3. The summed E-state index contributed by atoms with van der Waals surface area (Å²) < 4.78 is 12.8. The van der Waals surface area contributed by atoms with Crippen molar-refractivity contribution in [1.82, 2.24) is 5.32 Å². The van der Waals surface area contributed by atoms with Gasteiger partial charge in [0.25, 0.3) is 0 Å². The predicted octanol–water partition coefficient (Wildman–Crippen LogP) is 1.38. The fourth-order valence-electron chi connectivity index (χ4n) is 10.5. The van der Waals surface area contributed by atoms with Crippen LogP contribution in [0, 0.1) is 51.8 Å². The minimum absolute atomic E-state index is 0.00278. The first-order chi connectivity index (χ1) is 14.8. The number of β-lactam (4-membered cyclic amide) rings is 1. The van der Waals surface area contributed by atoms with Crippen LogP contribution in [0.1, 0.15) is 47.0 Å². The average Bonchev–Trinajstić information content (AvgIpc) is 2.64. The third-order valence-corrected chi connectivity index (χ3v) is 10.8. The molecule has 0 radical (unpaired) electrons. The quantitative estimate of drug-likeness (QED) is 0.338. The van der Waals surface area contributed by atoms with Crippen molar-refractivity contribution in [2.24, 2.45) is 51.8 Å². The molecule has 5 saturated carbocycles. The second-order valence-electron chi connectivity index (χ2n) is 12.9. The number of hydrogen-bond acceptors (Lipinski definition) is 6. The van der Waals surface area contributed by atoms with Gasteiger partial charge in [-0.2, -0.15) is 0 Å². The lowest BCUT2D eigenvalue weighted by Gasteiger charge is -2.85. The highest BCUT2D eigenvalue weighted by Crippen LogP contribution is 2.85. The Balaban J connectivity index is 1.50. The first-order valence-corrected chi connectivity index (χ1v) is 12.1. The minimum atomic E-state index is -1.61. The molecule has 2 bridgehead atoms. The molecule has 5 aliphatic carbocycles. The largest absolute Gasteiger partial charge is 0.387 e. The molecule has 8 fully saturated rings. The predicted molar refractivity (Wildman–Crippen MR) is 112 cm³/mol. The van der Waals surface area contributed by atoms with Crippen molar-refractivity contribution in [3.05, 3.63) is 12.2 Å². The van der Waals surface area contributed by atoms with Crippen LogP contribution in [-0.4, -0.2) is 52.2 Å². The van der Waals surface area contributed by atoms with Gasteiger partial charge >= 0.3 is 0 Å². The molecule has 7 heteroatoms. The molecule has 3 N–H and O–H groups in total. The van der Waals surface area contributed by atoms with Crippen LogP contribution in [0.4, 0.5) is 0 Å². The molecular formula is C25H33NO6. The zero-order valence-electron chi connectivity index (χ0n) is 19.2. The Labute approximate surface area is 187 Å². The van der Waals surface area contributed by atoms with Crippen LogP contribution in [0.5, 0.6) is 0 Å². The second kappa shape index (κ2) is 5.19. The van der Waals surface area contributed by atoms with Crippen LogP contribution in [0.25, 0.3) is 0 Å². The molecule has 0 aromatic heterocycles. The maximum atomic E-state index is 14.0. The summed E-state index contributed by atoms with van der Waals surface area (Å²) in [6.07, 6.45) is 1.39. The first kappa shape index (κ1) is 20.1. The summed E-state index contributed by atoms with van der Waals surface area (Å²) >= 11 is 0. The summed E-state index contributed by atoms with van der Waals surface area (Å²) in [4.78, 5) is 27.0. The molecule has 1 amide bonds. The van der Waals surface area contributed by atoms with Gasteiger partial charge < -0.3 is 25.0 Å². The maximum absolute atomic E-state index is 14.0. The SMILES string of the molecule is C=C1C2C(=O)[C@]34[C@H]2[C@H]1CC[C@H]3[C@@]12CO[C@]4(OC(C)(C)O)[C@@H](O)[C@@H]1C(C)(C)C[C@H]1NC(=O)[C@H]12. The van der Waals surface area contributed by atoms with Crippen molar-refractivity contribution in [1.29, 1.82) is 0 Å². The van der Waals surface area contributed by atoms with E-state index in [4.69, 9.17) is 9.47 Å². The summed E-state index contributed by atoms with van der Waals surface area (Å²) in [5.74, 6) is -3.78. The van der Waals surface area contributed by atoms with E-state index in [-0.39, 0.29) is 65.3 Å². The molecule has 8 aliphatic rings. The lowest BCUT2D eigenvalue weighted by atomic mass is 9.22. The van der Waals surface area contributed by atoms with Crippen molar-refractivity contribution in [3.8, 4) is 0 Å². The van der Waals surface area contributed by atoms with Gasteiger partial charge in [-0.3, -0.25) is 9.59 Å². The highest BCUT2D eigenvalue weighted by atomic mass is 16.8. The number of ketones is 1. The van der Waals surface area contributed by atoms with Crippen LogP contribution < -0.4 is 5.32 Å². The van der Waals surface area contributed by atoms with Gasteiger partial charge in [0.1, 0.15) is 6.10 Å². The van der Waals surface area contributed by atoms with Crippen molar-refractivity contribution in [3.63, 3.8) is 0 Å². The van der Waals surface area contributed by atoms with Crippen LogP contribution in [-0.2, 0) is 19.1 Å². The summed E-state index contributed by atoms with van der Waals surface area (Å²) in [5.41, 5.74) is -0.943. The molecule has 174 valence electrons. The zero-order chi connectivity index (χ0) is 22.8. The van der Waals surface area contributed by atoms with E-state index in [2.05, 4.69) is 25.7 Å². The Hall–Kier alpha value is -1.28. The Kier molecular flexibility index (Phi) is 3.26. The van der Waals surface area contributed by atoms with E-state index >= 15 is 0 Å². The molecule has 8 rings (SSSR count). The van der Waals surface area contributed by atoms with E-state index in [1.54, 1.807) is 0 Å². The maximum Gasteiger partial charge on any atom is 0.226 e. The molecule has 3 aliphatic heterocycles. The molecule has 0 aromatic rings. The van der Waals surface area contributed by atoms with Crippen molar-refractivity contribution in [2.75, 3.05) is 6.61 Å². The third-order valence-electron chi connectivity index (χ3n) is 10.8. The van der Waals surface area contributed by atoms with E-state index in [0.29, 0.717) is 0 Å². The number of nitrogens with one attached hydrogen (secondary N) is 1. The lowest BCUT2D eigenvalue weighted by molar-refractivity contribution is -0.507. The number of rotatable bonds is 2. The fraction of sp³-hybridized carbons (Fsp3) is 0.840. The zero-order valence-corrected chi connectivity index (χ0v) is 19.2. The van der Waals surface area contributed by atoms with Crippen molar-refractivity contribution in [2.45, 2.75) is 70.7 Å². The van der Waals surface area contributed by atoms with Crippen molar-refractivity contribution >= 4 is 11.7 Å². The fourth-order valence-corrected chi connectivity index (χ4v) is 10.5. The van der Waals surface area contributed by atoms with E-state index in [9.17, 15) is 19.8 Å². The number of amides is 1. The van der Waals surface area contributed by atoms with Gasteiger partial charge in [0.2, 0.25) is 11.7 Å². The minimum Gasteiger partial charge on any atom is -0.387 e. The first-order valence-electron chi connectivity index (χ1n) is 12.1. The van der Waals surface area contributed by atoms with E-state index < -0.39 is 28.5 Å². The van der Waals surface area contributed by atoms with Gasteiger partial charge in [-0.1, -0.05) is 26.0 Å². The Bertz CT molecular complexity index is 999. The van der Waals surface area contributed by atoms with Crippen LogP contribution >= 0.6 is 0 Å². The van der Waals surface area contributed by atoms with Crippen LogP contribution in [0.3, 0.4) is 0 Å². The highest BCUT2D eigenvalue weighted by molar-refractivity contribution is 6.01. The topological polar surface area (TPSA) is 105 Å². The van der Waals surface area contributed by atoms with Crippen LogP contribution in [0.15, 0.2) is 12.2 Å². The Morgan fingerprint density at radius 3 is 2.62 bits per heavy atom. The number of carbonyl (C=O) groups excluding carboxylic acids is 2. The van der Waals surface area contributed by atoms with Gasteiger partial charge in [-0.25, -0.2) is 0 Å². The molecule has 7 nitrogen and oxygen atoms in total. The van der Waals surface area contributed by atoms with E-state index in [1.165, 1.54) is 13.8 Å². The van der Waals surface area contributed by atoms with Crippen LogP contribution in [0.2, 0.25) is 0 Å². The Morgan fingerprint density at radius 1 is 1.25 bits per heavy atom. The summed E-state index contributed by atoms with van der Waals surface area (Å²) in [6, 6.07) is 0.0439. The number of fused-ring (bicyclic) bond motifs is 2. The van der Waals surface area contributed by atoms with Gasteiger partial charge in [-0.05, 0) is 56.3 Å². The molecule has 2 spiro atoms. The standard InChI is InChI=1S/C25H33NO6/c1-10-11-6-7-13-23-9-31-25(32-22(4,5)30,24(13)15(11)14(10)18(24)27)19(28)17(23)21(2,3)8-12-16(23)20(29)26-12/h11-17,19,28,30H,1,6-9H2,2-5H3,(H,26,29)/t11-,12+,13-,14?,15-,16-,17+,19-,23+,24+,25-/m0/s1. The highest BCUT2D eigenvalue weighted by Gasteiger charge is 2.93. The van der Waals surface area contributed by atoms with Crippen molar-refractivity contribution < 1.29 is 29.3 Å². The normalized spacial score (nSPS) is 58.2. The Morgan fingerprint density at radius 2 is 1.97 bits per heavy atom. The number of Topliss-reactive ketones (excluding diaryl/α,β-unsaturated/α-hetero) is 1. The molecule has 3 saturated heterocycles. The number of aliphatic hydroxyl groups is 2. The monoisotopic (exact) mass is 443 g/mol. The molecule has 32 heavy (non-hydrogen) atoms. The van der Waals surface area contributed by atoms with Gasteiger partial charge in [-0.15, -0.1) is 0 Å². The van der Waals surface area contributed by atoms with E-state index in [0.717, 1.165) is 24.8 Å². The van der Waals surface area contributed by atoms with Gasteiger partial charge in [0, 0.05) is 23.3 Å². The summed E-state index contributed by atoms with van der Waals surface area (Å²) in [7, 11) is 0. The smallest absolute Gasteiger partial charge is 0.226 e. The number of ether oxygens (including phenoxy) is 2. The molecule has 3 heterocycles. The molecular weight excluding hydrogens is 410 g/mol. The molecule has 0 aromatic carbocycles. The molecule has 11 atom stereocenters. The summed E-state index contributed by atoms with van der Waals surface area (Å²) in [6.45, 7) is 11.8. The summed E-state index contributed by atoms with van der Waals surface area (Å²) in [5, 5.41) is 26.0.